The van der Waals surface area contributed by atoms with E-state index in [9.17, 15) is 13.6 Å². The van der Waals surface area contributed by atoms with Gasteiger partial charge in [0.1, 0.15) is 22.3 Å². The summed E-state index contributed by atoms with van der Waals surface area (Å²) in [5.41, 5.74) is 2.03. The lowest BCUT2D eigenvalue weighted by atomic mass is 10.0. The molecule has 2 aromatic heterocycles. The van der Waals surface area contributed by atoms with Crippen molar-refractivity contribution in [1.29, 1.82) is 0 Å². The maximum Gasteiger partial charge on any atom is 0.260 e. The molecule has 2 aromatic carbocycles. The van der Waals surface area contributed by atoms with Gasteiger partial charge in [-0.25, -0.2) is 13.8 Å². The fourth-order valence-electron chi connectivity index (χ4n) is 2.74. The van der Waals surface area contributed by atoms with Crippen LogP contribution in [-0.4, -0.2) is 9.97 Å². The first-order valence-electron chi connectivity index (χ1n) is 7.57. The van der Waals surface area contributed by atoms with Crippen molar-refractivity contribution in [3.63, 3.8) is 0 Å². The van der Waals surface area contributed by atoms with Crippen LogP contribution in [0.3, 0.4) is 0 Å². The molecule has 0 saturated heterocycles. The van der Waals surface area contributed by atoms with E-state index in [1.54, 1.807) is 0 Å². The van der Waals surface area contributed by atoms with Gasteiger partial charge in [-0.3, -0.25) is 4.79 Å². The highest BCUT2D eigenvalue weighted by molar-refractivity contribution is 7.17. The van der Waals surface area contributed by atoms with E-state index in [0.29, 0.717) is 10.2 Å². The first-order valence-corrected chi connectivity index (χ1v) is 8.45. The number of hydrogen-bond donors (Lipinski definition) is 1. The molecular weight excluding hydrogens is 342 g/mol. The minimum Gasteiger partial charge on any atom is -0.306 e. The van der Waals surface area contributed by atoms with Crippen molar-refractivity contribution in [3.05, 3.63) is 75.4 Å². The average Bonchev–Trinajstić information content (AvgIpc) is 3.00. The van der Waals surface area contributed by atoms with Crippen LogP contribution >= 0.6 is 11.3 Å². The van der Waals surface area contributed by atoms with E-state index < -0.39 is 17.2 Å². The highest BCUT2D eigenvalue weighted by Crippen LogP contribution is 2.32. The van der Waals surface area contributed by atoms with Gasteiger partial charge in [0, 0.05) is 10.9 Å². The molecule has 0 atom stereocenters. The van der Waals surface area contributed by atoms with Crippen LogP contribution in [-0.2, 0) is 0 Å². The molecule has 0 radical (unpaired) electrons. The highest BCUT2D eigenvalue weighted by Gasteiger charge is 2.17. The molecule has 4 aromatic rings. The van der Waals surface area contributed by atoms with Gasteiger partial charge >= 0.3 is 0 Å². The van der Waals surface area contributed by atoms with Crippen LogP contribution in [0.2, 0.25) is 0 Å². The van der Waals surface area contributed by atoms with Crippen LogP contribution in [0, 0.1) is 18.6 Å². The molecule has 25 heavy (non-hydrogen) atoms. The van der Waals surface area contributed by atoms with Gasteiger partial charge in [-0.1, -0.05) is 35.9 Å². The summed E-state index contributed by atoms with van der Waals surface area (Å²) in [4.78, 5) is 19.8. The van der Waals surface area contributed by atoms with Gasteiger partial charge in [-0.15, -0.1) is 11.3 Å². The van der Waals surface area contributed by atoms with Gasteiger partial charge in [0.2, 0.25) is 0 Å². The van der Waals surface area contributed by atoms with Crippen LogP contribution in [0.5, 0.6) is 0 Å². The number of aryl methyl sites for hydroxylation is 1. The molecule has 0 fully saturated rings. The van der Waals surface area contributed by atoms with E-state index in [2.05, 4.69) is 9.97 Å². The molecule has 124 valence electrons. The molecule has 0 aliphatic carbocycles. The van der Waals surface area contributed by atoms with E-state index in [4.69, 9.17) is 0 Å². The molecule has 6 heteroatoms. The van der Waals surface area contributed by atoms with Crippen molar-refractivity contribution < 1.29 is 8.78 Å². The SMILES string of the molecule is Cc1ccc(-c2csc3nc(-c4c(F)cccc4F)[nH]c(=O)c23)cc1. The lowest BCUT2D eigenvalue weighted by Crippen LogP contribution is -2.10. The summed E-state index contributed by atoms with van der Waals surface area (Å²) in [5.74, 6) is -1.64. The molecular formula is C19H12F2N2OS. The minimum absolute atomic E-state index is 0.106. The lowest BCUT2D eigenvalue weighted by Gasteiger charge is -2.05. The Kier molecular flexibility index (Phi) is 3.69. The summed E-state index contributed by atoms with van der Waals surface area (Å²) >= 11 is 1.27. The summed E-state index contributed by atoms with van der Waals surface area (Å²) in [7, 11) is 0. The molecule has 0 aliphatic rings. The number of aromatic amines is 1. The minimum atomic E-state index is -0.766. The lowest BCUT2D eigenvalue weighted by molar-refractivity contribution is 0.587. The summed E-state index contributed by atoms with van der Waals surface area (Å²) in [5, 5.41) is 2.26. The van der Waals surface area contributed by atoms with Gasteiger partial charge in [-0.2, -0.15) is 0 Å². The summed E-state index contributed by atoms with van der Waals surface area (Å²) in [6, 6.07) is 11.3. The molecule has 0 amide bonds. The van der Waals surface area contributed by atoms with Crippen LogP contribution < -0.4 is 5.56 Å². The Bertz CT molecular complexity index is 1130. The van der Waals surface area contributed by atoms with Crippen LogP contribution in [0.1, 0.15) is 5.56 Å². The van der Waals surface area contributed by atoms with Crippen molar-refractivity contribution >= 4 is 21.6 Å². The van der Waals surface area contributed by atoms with E-state index in [-0.39, 0.29) is 11.4 Å². The monoisotopic (exact) mass is 354 g/mol. The molecule has 2 heterocycles. The standard InChI is InChI=1S/C19H12F2N2OS/c1-10-5-7-11(8-6-10)12-9-25-19-15(12)18(24)22-17(23-19)16-13(20)3-2-4-14(16)21/h2-9H,1H3,(H,22,23,24). The summed E-state index contributed by atoms with van der Waals surface area (Å²) < 4.78 is 28.0. The molecule has 0 saturated carbocycles. The zero-order valence-electron chi connectivity index (χ0n) is 13.1. The van der Waals surface area contributed by atoms with Crippen molar-refractivity contribution in [1.82, 2.24) is 9.97 Å². The maximum atomic E-state index is 14.0. The Morgan fingerprint density at radius 1 is 1.04 bits per heavy atom. The Morgan fingerprint density at radius 3 is 2.40 bits per heavy atom. The fraction of sp³-hybridized carbons (Fsp3) is 0.0526. The molecule has 0 aliphatic heterocycles. The van der Waals surface area contributed by atoms with Crippen LogP contribution in [0.25, 0.3) is 32.7 Å². The number of nitrogens with one attached hydrogen (secondary N) is 1. The van der Waals surface area contributed by atoms with Gasteiger partial charge in [0.25, 0.3) is 5.56 Å². The van der Waals surface area contributed by atoms with Gasteiger partial charge in [0.05, 0.1) is 10.9 Å². The van der Waals surface area contributed by atoms with Gasteiger partial charge in [0.15, 0.2) is 0 Å². The van der Waals surface area contributed by atoms with Crippen molar-refractivity contribution in [3.8, 4) is 22.5 Å². The molecule has 0 unspecified atom stereocenters. The van der Waals surface area contributed by atoms with Gasteiger partial charge < -0.3 is 4.98 Å². The smallest absolute Gasteiger partial charge is 0.260 e. The van der Waals surface area contributed by atoms with E-state index >= 15 is 0 Å². The third-order valence-electron chi connectivity index (χ3n) is 4.01. The summed E-state index contributed by atoms with van der Waals surface area (Å²) in [6.07, 6.45) is 0. The van der Waals surface area contributed by atoms with Gasteiger partial charge in [-0.05, 0) is 24.6 Å². The largest absolute Gasteiger partial charge is 0.306 e. The number of thiophene rings is 1. The zero-order valence-corrected chi connectivity index (χ0v) is 14.0. The third-order valence-corrected chi connectivity index (χ3v) is 4.88. The number of hydrogen-bond acceptors (Lipinski definition) is 3. The normalized spacial score (nSPS) is 11.2. The van der Waals surface area contributed by atoms with Crippen LogP contribution in [0.15, 0.2) is 52.6 Å². The van der Waals surface area contributed by atoms with E-state index in [1.807, 2.05) is 36.6 Å². The summed E-state index contributed by atoms with van der Waals surface area (Å²) in [6.45, 7) is 1.99. The molecule has 1 N–H and O–H groups in total. The van der Waals surface area contributed by atoms with Crippen molar-refractivity contribution in [2.45, 2.75) is 6.92 Å². The third kappa shape index (κ3) is 2.64. The number of fused-ring (bicyclic) bond motifs is 1. The van der Waals surface area contributed by atoms with Crippen molar-refractivity contribution in [2.24, 2.45) is 0 Å². The molecule has 4 rings (SSSR count). The van der Waals surface area contributed by atoms with E-state index in [0.717, 1.165) is 28.8 Å². The fourth-order valence-corrected chi connectivity index (χ4v) is 3.68. The zero-order chi connectivity index (χ0) is 17.6. The first kappa shape index (κ1) is 15.7. The van der Waals surface area contributed by atoms with Crippen molar-refractivity contribution in [2.75, 3.05) is 0 Å². The number of H-pyrrole nitrogens is 1. The maximum absolute atomic E-state index is 14.0. The number of benzene rings is 2. The van der Waals surface area contributed by atoms with Crippen LogP contribution in [0.4, 0.5) is 8.78 Å². The Labute approximate surface area is 145 Å². The van der Waals surface area contributed by atoms with E-state index in [1.165, 1.54) is 17.4 Å². The number of aromatic nitrogens is 2. The number of rotatable bonds is 2. The average molecular weight is 354 g/mol. The highest BCUT2D eigenvalue weighted by atomic mass is 32.1. The Hall–Kier alpha value is -2.86. The quantitative estimate of drug-likeness (QED) is 0.556. The molecule has 0 spiro atoms. The second-order valence-electron chi connectivity index (χ2n) is 5.71. The molecule has 3 nitrogen and oxygen atoms in total. The number of nitrogens with zero attached hydrogens (tertiary/aromatic N) is 1. The molecule has 0 bridgehead atoms. The Morgan fingerprint density at radius 2 is 1.72 bits per heavy atom. The predicted octanol–water partition coefficient (Wildman–Crippen LogP) is 4.91. The topological polar surface area (TPSA) is 45.8 Å². The second kappa shape index (κ2) is 5.89. The Balaban J connectivity index is 1.94. The second-order valence-corrected chi connectivity index (χ2v) is 6.56. The first-order chi connectivity index (χ1) is 12.0. The number of halogens is 2. The predicted molar refractivity (Wildman–Crippen MR) is 95.8 cm³/mol.